The van der Waals surface area contributed by atoms with E-state index >= 15 is 0 Å². The molecule has 0 fully saturated rings. The number of carbonyl (C=O) groups excluding carboxylic acids is 1. The second-order valence-electron chi connectivity index (χ2n) is 5.56. The summed E-state index contributed by atoms with van der Waals surface area (Å²) in [6.45, 7) is 5.62. The molecule has 0 atom stereocenters. The average molecular weight is 374 g/mol. The molecule has 118 valence electrons. The van der Waals surface area contributed by atoms with Gasteiger partial charge >= 0.3 is 0 Å². The molecule has 0 aliphatic heterocycles. The summed E-state index contributed by atoms with van der Waals surface area (Å²) < 4.78 is 2.63. The molecule has 0 aliphatic rings. The Morgan fingerprint density at radius 1 is 1.26 bits per heavy atom. The molecule has 1 aromatic carbocycles. The van der Waals surface area contributed by atoms with E-state index in [0.29, 0.717) is 17.1 Å². The van der Waals surface area contributed by atoms with E-state index in [1.54, 1.807) is 23.5 Å². The van der Waals surface area contributed by atoms with E-state index in [2.05, 4.69) is 26.2 Å². The standard InChI is InChI=1S/C17H16BrN3O2/c1-9-4-5-13(14(22)6-9)20-17(23)15-11(3)19-16-10(2)7-12(18)8-21(15)16/h4-8,22H,1-3H3,(H,20,23). The number of phenolic OH excluding ortho intramolecular Hbond substituents is 1. The van der Waals surface area contributed by atoms with Crippen LogP contribution >= 0.6 is 15.9 Å². The highest BCUT2D eigenvalue weighted by molar-refractivity contribution is 9.10. The van der Waals surface area contributed by atoms with E-state index in [4.69, 9.17) is 0 Å². The number of imidazole rings is 1. The van der Waals surface area contributed by atoms with Crippen molar-refractivity contribution < 1.29 is 9.90 Å². The maximum Gasteiger partial charge on any atom is 0.274 e. The first-order valence-corrected chi connectivity index (χ1v) is 7.92. The molecule has 2 N–H and O–H groups in total. The SMILES string of the molecule is Cc1ccc(NC(=O)c2c(C)nc3c(C)cc(Br)cn23)c(O)c1. The largest absolute Gasteiger partial charge is 0.506 e. The van der Waals surface area contributed by atoms with Gasteiger partial charge in [-0.3, -0.25) is 9.20 Å². The van der Waals surface area contributed by atoms with Crippen LogP contribution in [0.15, 0.2) is 34.9 Å². The number of aryl methyl sites for hydroxylation is 3. The van der Waals surface area contributed by atoms with Crippen molar-refractivity contribution in [1.29, 1.82) is 0 Å². The number of hydrogen-bond acceptors (Lipinski definition) is 3. The summed E-state index contributed by atoms with van der Waals surface area (Å²) in [6, 6.07) is 7.08. The van der Waals surface area contributed by atoms with Crippen LogP contribution in [0.2, 0.25) is 0 Å². The molecule has 0 bridgehead atoms. The van der Waals surface area contributed by atoms with Gasteiger partial charge in [-0.1, -0.05) is 6.07 Å². The minimum absolute atomic E-state index is 0.0437. The Bertz CT molecular complexity index is 931. The molecule has 0 saturated carbocycles. The Hall–Kier alpha value is -2.34. The Balaban J connectivity index is 2.06. The fraction of sp³-hybridized carbons (Fsp3) is 0.176. The van der Waals surface area contributed by atoms with Gasteiger partial charge in [0.05, 0.1) is 11.4 Å². The Morgan fingerprint density at radius 3 is 2.70 bits per heavy atom. The zero-order chi connectivity index (χ0) is 16.7. The van der Waals surface area contributed by atoms with Crippen molar-refractivity contribution in [1.82, 2.24) is 9.38 Å². The van der Waals surface area contributed by atoms with Crippen LogP contribution in [-0.2, 0) is 0 Å². The first-order chi connectivity index (χ1) is 10.9. The third kappa shape index (κ3) is 2.82. The lowest BCUT2D eigenvalue weighted by Crippen LogP contribution is -2.15. The number of carbonyl (C=O) groups is 1. The summed E-state index contributed by atoms with van der Waals surface area (Å²) in [5.74, 6) is -0.270. The summed E-state index contributed by atoms with van der Waals surface area (Å²) in [6.07, 6.45) is 1.81. The van der Waals surface area contributed by atoms with Crippen molar-refractivity contribution in [3.63, 3.8) is 0 Å². The molecule has 0 unspecified atom stereocenters. The van der Waals surface area contributed by atoms with E-state index in [1.165, 1.54) is 0 Å². The Labute approximate surface area is 142 Å². The Kier molecular flexibility index (Phi) is 3.85. The maximum atomic E-state index is 12.7. The molecule has 3 aromatic rings. The van der Waals surface area contributed by atoms with Gasteiger partial charge in [0, 0.05) is 10.7 Å². The van der Waals surface area contributed by atoms with Crippen LogP contribution in [0.1, 0.15) is 27.3 Å². The monoisotopic (exact) mass is 373 g/mol. The summed E-state index contributed by atoms with van der Waals surface area (Å²) in [4.78, 5) is 17.1. The van der Waals surface area contributed by atoms with Gasteiger partial charge in [-0.25, -0.2) is 4.98 Å². The van der Waals surface area contributed by atoms with Crippen LogP contribution in [0.25, 0.3) is 5.65 Å². The van der Waals surface area contributed by atoms with Gasteiger partial charge in [-0.05, 0) is 66.0 Å². The molecule has 0 saturated heterocycles. The minimum Gasteiger partial charge on any atom is -0.506 e. The first-order valence-electron chi connectivity index (χ1n) is 7.12. The molecular formula is C17H16BrN3O2. The predicted octanol–water partition coefficient (Wildman–Crippen LogP) is 3.98. The number of aromatic nitrogens is 2. The lowest BCUT2D eigenvalue weighted by Gasteiger charge is -2.09. The van der Waals surface area contributed by atoms with Crippen molar-refractivity contribution in [3.8, 4) is 5.75 Å². The normalized spacial score (nSPS) is 11.0. The predicted molar refractivity (Wildman–Crippen MR) is 93.2 cm³/mol. The van der Waals surface area contributed by atoms with Gasteiger partial charge < -0.3 is 10.4 Å². The third-order valence-corrected chi connectivity index (χ3v) is 4.10. The van der Waals surface area contributed by atoms with Crippen molar-refractivity contribution in [2.75, 3.05) is 5.32 Å². The van der Waals surface area contributed by atoms with Crippen LogP contribution in [0.3, 0.4) is 0 Å². The molecule has 5 nitrogen and oxygen atoms in total. The molecule has 0 radical (unpaired) electrons. The fourth-order valence-electron chi connectivity index (χ4n) is 2.58. The average Bonchev–Trinajstić information content (AvgIpc) is 2.78. The molecule has 1 amide bonds. The number of benzene rings is 1. The number of amides is 1. The molecular weight excluding hydrogens is 358 g/mol. The van der Waals surface area contributed by atoms with E-state index in [1.807, 2.05) is 32.2 Å². The number of fused-ring (bicyclic) bond motifs is 1. The smallest absolute Gasteiger partial charge is 0.274 e. The van der Waals surface area contributed by atoms with Gasteiger partial charge in [0.25, 0.3) is 5.91 Å². The third-order valence-electron chi connectivity index (χ3n) is 3.66. The van der Waals surface area contributed by atoms with Gasteiger partial charge in [0.15, 0.2) is 0 Å². The second kappa shape index (κ2) is 5.70. The van der Waals surface area contributed by atoms with Gasteiger partial charge in [0.1, 0.15) is 17.1 Å². The molecule has 2 aromatic heterocycles. The quantitative estimate of drug-likeness (QED) is 0.667. The van der Waals surface area contributed by atoms with Gasteiger partial charge in [-0.2, -0.15) is 0 Å². The molecule has 23 heavy (non-hydrogen) atoms. The number of anilines is 1. The lowest BCUT2D eigenvalue weighted by atomic mass is 10.2. The minimum atomic E-state index is -0.313. The van der Waals surface area contributed by atoms with E-state index in [9.17, 15) is 9.90 Å². The number of rotatable bonds is 2. The van der Waals surface area contributed by atoms with Crippen molar-refractivity contribution in [3.05, 3.63) is 57.4 Å². The highest BCUT2D eigenvalue weighted by Gasteiger charge is 2.19. The summed E-state index contributed by atoms with van der Waals surface area (Å²) in [7, 11) is 0. The lowest BCUT2D eigenvalue weighted by molar-refractivity contribution is 0.102. The highest BCUT2D eigenvalue weighted by Crippen LogP contribution is 2.26. The molecule has 2 heterocycles. The number of nitrogens with one attached hydrogen (secondary N) is 1. The van der Waals surface area contributed by atoms with E-state index in [0.717, 1.165) is 21.2 Å². The molecule has 0 aliphatic carbocycles. The number of halogens is 1. The zero-order valence-corrected chi connectivity index (χ0v) is 14.6. The summed E-state index contributed by atoms with van der Waals surface area (Å²) in [5.41, 5.74) is 4.09. The topological polar surface area (TPSA) is 66.6 Å². The molecule has 3 rings (SSSR count). The van der Waals surface area contributed by atoms with E-state index in [-0.39, 0.29) is 11.7 Å². The molecule has 0 spiro atoms. The molecule has 6 heteroatoms. The van der Waals surface area contributed by atoms with Crippen LogP contribution in [-0.4, -0.2) is 20.4 Å². The van der Waals surface area contributed by atoms with Crippen LogP contribution < -0.4 is 5.32 Å². The number of nitrogens with zero attached hydrogens (tertiary/aromatic N) is 2. The zero-order valence-electron chi connectivity index (χ0n) is 13.0. The maximum absolute atomic E-state index is 12.7. The number of hydrogen-bond donors (Lipinski definition) is 2. The second-order valence-corrected chi connectivity index (χ2v) is 6.47. The number of phenols is 1. The van der Waals surface area contributed by atoms with Gasteiger partial charge in [-0.15, -0.1) is 0 Å². The summed E-state index contributed by atoms with van der Waals surface area (Å²) in [5, 5.41) is 12.7. The van der Waals surface area contributed by atoms with Crippen LogP contribution in [0.5, 0.6) is 5.75 Å². The number of aromatic hydroxyl groups is 1. The summed E-state index contributed by atoms with van der Waals surface area (Å²) >= 11 is 3.44. The Morgan fingerprint density at radius 2 is 2.00 bits per heavy atom. The van der Waals surface area contributed by atoms with Crippen molar-refractivity contribution in [2.24, 2.45) is 0 Å². The first kappa shape index (κ1) is 15.6. The van der Waals surface area contributed by atoms with Crippen LogP contribution in [0, 0.1) is 20.8 Å². The van der Waals surface area contributed by atoms with Crippen LogP contribution in [0.4, 0.5) is 5.69 Å². The highest BCUT2D eigenvalue weighted by atomic mass is 79.9. The van der Waals surface area contributed by atoms with E-state index < -0.39 is 0 Å². The van der Waals surface area contributed by atoms with Crippen molar-refractivity contribution >= 4 is 33.2 Å². The number of pyridine rings is 1. The van der Waals surface area contributed by atoms with Gasteiger partial charge in [0.2, 0.25) is 0 Å². The fourth-order valence-corrected chi connectivity index (χ4v) is 3.13. The van der Waals surface area contributed by atoms with Crippen molar-refractivity contribution in [2.45, 2.75) is 20.8 Å².